The van der Waals surface area contributed by atoms with Crippen molar-refractivity contribution in [3.8, 4) is 0 Å². The molecule has 6 heteroatoms. The minimum absolute atomic E-state index is 0.109. The second-order valence-corrected chi connectivity index (χ2v) is 4.84. The number of urea groups is 1. The number of nitrogens with one attached hydrogen (secondary N) is 2. The minimum atomic E-state index is -0.904. The Bertz CT molecular complexity index is 463. The fourth-order valence-corrected chi connectivity index (χ4v) is 1.94. The molecule has 2 amide bonds. The number of aryl methyl sites for hydroxylation is 1. The molecule has 1 heterocycles. The lowest BCUT2D eigenvalue weighted by molar-refractivity contribution is -0.149. The van der Waals surface area contributed by atoms with Crippen LogP contribution in [0.1, 0.15) is 38.2 Å². The van der Waals surface area contributed by atoms with Gasteiger partial charge >= 0.3 is 12.0 Å². The van der Waals surface area contributed by atoms with E-state index in [0.29, 0.717) is 18.6 Å². The van der Waals surface area contributed by atoms with E-state index in [0.717, 1.165) is 5.76 Å². The van der Waals surface area contributed by atoms with E-state index in [1.54, 1.807) is 6.07 Å². The van der Waals surface area contributed by atoms with Gasteiger partial charge in [-0.05, 0) is 31.9 Å². The molecule has 0 bridgehead atoms. The summed E-state index contributed by atoms with van der Waals surface area (Å²) in [7, 11) is 0. The molecule has 0 saturated carbocycles. The van der Waals surface area contributed by atoms with Crippen molar-refractivity contribution in [2.75, 3.05) is 6.54 Å². The van der Waals surface area contributed by atoms with Crippen molar-refractivity contribution in [2.45, 2.75) is 40.2 Å². The van der Waals surface area contributed by atoms with Gasteiger partial charge in [-0.3, -0.25) is 4.79 Å². The second kappa shape index (κ2) is 6.98. The Labute approximate surface area is 118 Å². The Morgan fingerprint density at radius 1 is 1.25 bits per heavy atom. The highest BCUT2D eigenvalue weighted by Crippen LogP contribution is 2.25. The highest BCUT2D eigenvalue weighted by atomic mass is 16.4. The number of hydrogen-bond donors (Lipinski definition) is 3. The van der Waals surface area contributed by atoms with Gasteiger partial charge in [0.15, 0.2) is 0 Å². The van der Waals surface area contributed by atoms with Crippen LogP contribution in [0.15, 0.2) is 16.5 Å². The number of carboxylic acids is 1. The zero-order valence-electron chi connectivity index (χ0n) is 12.2. The average Bonchev–Trinajstić information content (AvgIpc) is 2.83. The van der Waals surface area contributed by atoms with Crippen molar-refractivity contribution in [1.29, 1.82) is 0 Å². The molecule has 0 atom stereocenters. The topological polar surface area (TPSA) is 91.6 Å². The lowest BCUT2D eigenvalue weighted by Gasteiger charge is -2.26. The van der Waals surface area contributed by atoms with E-state index < -0.39 is 17.4 Å². The van der Waals surface area contributed by atoms with Crippen LogP contribution in [-0.4, -0.2) is 23.7 Å². The SMILES string of the molecule is CCC(CC)(CNC(=O)NCc1ccc(C)o1)C(=O)O. The smallest absolute Gasteiger partial charge is 0.315 e. The average molecular weight is 282 g/mol. The molecule has 1 aromatic heterocycles. The Kier molecular flexibility index (Phi) is 5.61. The third-order valence-electron chi connectivity index (χ3n) is 3.61. The lowest BCUT2D eigenvalue weighted by Crippen LogP contribution is -2.45. The van der Waals surface area contributed by atoms with Gasteiger partial charge in [0.25, 0.3) is 0 Å². The molecule has 0 aliphatic rings. The zero-order chi connectivity index (χ0) is 15.2. The molecular weight excluding hydrogens is 260 g/mol. The number of carbonyl (C=O) groups is 2. The van der Waals surface area contributed by atoms with Crippen molar-refractivity contribution in [3.05, 3.63) is 23.7 Å². The van der Waals surface area contributed by atoms with Gasteiger partial charge in [0.05, 0.1) is 12.0 Å². The monoisotopic (exact) mass is 282 g/mol. The molecule has 0 unspecified atom stereocenters. The first kappa shape index (κ1) is 16.1. The van der Waals surface area contributed by atoms with Gasteiger partial charge in [-0.2, -0.15) is 0 Å². The maximum atomic E-state index is 11.7. The summed E-state index contributed by atoms with van der Waals surface area (Å²) in [4.78, 5) is 23.0. The van der Waals surface area contributed by atoms with Crippen LogP contribution in [0.2, 0.25) is 0 Å². The summed E-state index contributed by atoms with van der Waals surface area (Å²) in [6.07, 6.45) is 0.937. The number of furan rings is 1. The van der Waals surface area contributed by atoms with E-state index >= 15 is 0 Å². The molecule has 0 spiro atoms. The van der Waals surface area contributed by atoms with Crippen molar-refractivity contribution >= 4 is 12.0 Å². The number of carbonyl (C=O) groups excluding carboxylic acids is 1. The fourth-order valence-electron chi connectivity index (χ4n) is 1.94. The maximum absolute atomic E-state index is 11.7. The standard InChI is InChI=1S/C14H22N2O4/c1-4-14(5-2,12(17)18)9-16-13(19)15-8-11-7-6-10(3)20-11/h6-7H,4-5,8-9H2,1-3H3,(H,17,18)(H2,15,16,19). The van der Waals surface area contributed by atoms with E-state index in [1.165, 1.54) is 0 Å². The fraction of sp³-hybridized carbons (Fsp3) is 0.571. The summed E-state index contributed by atoms with van der Waals surface area (Å²) in [5.74, 6) is 0.557. The van der Waals surface area contributed by atoms with Crippen LogP contribution in [0.4, 0.5) is 4.79 Å². The quantitative estimate of drug-likeness (QED) is 0.715. The van der Waals surface area contributed by atoms with Crippen molar-refractivity contribution in [3.63, 3.8) is 0 Å². The molecule has 0 aliphatic heterocycles. The zero-order valence-corrected chi connectivity index (χ0v) is 12.2. The van der Waals surface area contributed by atoms with Crippen molar-refractivity contribution < 1.29 is 19.1 Å². The molecule has 20 heavy (non-hydrogen) atoms. The molecule has 1 aromatic rings. The number of aliphatic carboxylic acids is 1. The van der Waals surface area contributed by atoms with E-state index in [9.17, 15) is 14.7 Å². The Balaban J connectivity index is 2.44. The third-order valence-corrected chi connectivity index (χ3v) is 3.61. The van der Waals surface area contributed by atoms with Crippen LogP contribution in [0.3, 0.4) is 0 Å². The number of hydrogen-bond acceptors (Lipinski definition) is 3. The molecule has 0 radical (unpaired) electrons. The summed E-state index contributed by atoms with van der Waals surface area (Å²) in [6, 6.07) is 3.21. The van der Waals surface area contributed by atoms with E-state index in [2.05, 4.69) is 10.6 Å². The van der Waals surface area contributed by atoms with Crippen LogP contribution in [-0.2, 0) is 11.3 Å². The molecule has 3 N–H and O–H groups in total. The predicted molar refractivity (Wildman–Crippen MR) is 74.3 cm³/mol. The third kappa shape index (κ3) is 4.01. The van der Waals surface area contributed by atoms with E-state index in [1.807, 2.05) is 26.8 Å². The van der Waals surface area contributed by atoms with Crippen LogP contribution in [0, 0.1) is 12.3 Å². The Morgan fingerprint density at radius 2 is 1.90 bits per heavy atom. The van der Waals surface area contributed by atoms with Crippen molar-refractivity contribution in [1.82, 2.24) is 10.6 Å². The van der Waals surface area contributed by atoms with E-state index in [4.69, 9.17) is 4.42 Å². The Hall–Kier alpha value is -1.98. The molecule has 1 rings (SSSR count). The van der Waals surface area contributed by atoms with Crippen LogP contribution < -0.4 is 10.6 Å². The summed E-state index contributed by atoms with van der Waals surface area (Å²) in [6.45, 7) is 5.83. The summed E-state index contributed by atoms with van der Waals surface area (Å²) in [5.41, 5.74) is -0.904. The minimum Gasteiger partial charge on any atom is -0.481 e. The first-order valence-electron chi connectivity index (χ1n) is 6.74. The first-order valence-corrected chi connectivity index (χ1v) is 6.74. The summed E-state index contributed by atoms with van der Waals surface area (Å²) in [5, 5.41) is 14.5. The molecular formula is C14H22N2O4. The van der Waals surface area contributed by atoms with Gasteiger partial charge < -0.3 is 20.2 Å². The summed E-state index contributed by atoms with van der Waals surface area (Å²) < 4.78 is 5.32. The number of amides is 2. The van der Waals surface area contributed by atoms with Crippen LogP contribution in [0.25, 0.3) is 0 Å². The number of rotatable bonds is 7. The normalized spacial score (nSPS) is 11.2. The first-order chi connectivity index (χ1) is 9.43. The van der Waals surface area contributed by atoms with Gasteiger partial charge in [-0.1, -0.05) is 13.8 Å². The van der Waals surface area contributed by atoms with Gasteiger partial charge in [-0.15, -0.1) is 0 Å². The highest BCUT2D eigenvalue weighted by molar-refractivity contribution is 5.78. The maximum Gasteiger partial charge on any atom is 0.315 e. The highest BCUT2D eigenvalue weighted by Gasteiger charge is 2.35. The lowest BCUT2D eigenvalue weighted by atomic mass is 9.82. The van der Waals surface area contributed by atoms with E-state index in [-0.39, 0.29) is 13.1 Å². The largest absolute Gasteiger partial charge is 0.481 e. The molecule has 112 valence electrons. The van der Waals surface area contributed by atoms with Gasteiger partial charge in [0.2, 0.25) is 0 Å². The Morgan fingerprint density at radius 3 is 2.35 bits per heavy atom. The molecule has 0 aliphatic carbocycles. The van der Waals surface area contributed by atoms with Crippen LogP contribution >= 0.6 is 0 Å². The molecule has 0 fully saturated rings. The summed E-state index contributed by atoms with van der Waals surface area (Å²) >= 11 is 0. The van der Waals surface area contributed by atoms with Crippen molar-refractivity contribution in [2.24, 2.45) is 5.41 Å². The van der Waals surface area contributed by atoms with Crippen LogP contribution in [0.5, 0.6) is 0 Å². The molecule has 6 nitrogen and oxygen atoms in total. The second-order valence-electron chi connectivity index (χ2n) is 4.84. The van der Waals surface area contributed by atoms with Gasteiger partial charge in [0.1, 0.15) is 11.5 Å². The molecule has 0 saturated heterocycles. The van der Waals surface area contributed by atoms with Gasteiger partial charge in [-0.25, -0.2) is 4.79 Å². The van der Waals surface area contributed by atoms with Gasteiger partial charge in [0, 0.05) is 6.54 Å². The predicted octanol–water partition coefficient (Wildman–Crippen LogP) is 2.28. The number of carboxylic acid groups (broad SMARTS) is 1. The molecule has 0 aromatic carbocycles.